The summed E-state index contributed by atoms with van der Waals surface area (Å²) < 4.78 is 10.3. The lowest BCUT2D eigenvalue weighted by Crippen LogP contribution is -2.32. The number of ether oxygens (including phenoxy) is 2. The van der Waals surface area contributed by atoms with Gasteiger partial charge in [0.05, 0.1) is 19.9 Å². The highest BCUT2D eigenvalue weighted by atomic mass is 16.5. The van der Waals surface area contributed by atoms with Crippen molar-refractivity contribution in [3.8, 4) is 17.2 Å². The van der Waals surface area contributed by atoms with Crippen molar-refractivity contribution in [1.82, 2.24) is 0 Å². The summed E-state index contributed by atoms with van der Waals surface area (Å²) in [6.45, 7) is 0. The van der Waals surface area contributed by atoms with Crippen LogP contribution in [0.5, 0.6) is 17.2 Å². The summed E-state index contributed by atoms with van der Waals surface area (Å²) in [6, 6.07) is 28.0. The van der Waals surface area contributed by atoms with Gasteiger partial charge in [-0.25, -0.2) is 4.99 Å². The minimum Gasteiger partial charge on any atom is -0.504 e. The van der Waals surface area contributed by atoms with Gasteiger partial charge in [-0.05, 0) is 72.3 Å². The maximum Gasteiger partial charge on any atom is 0.282 e. The monoisotopic (exact) mass is 519 g/mol. The average molecular weight is 520 g/mol. The van der Waals surface area contributed by atoms with E-state index in [1.807, 2.05) is 30.3 Å². The summed E-state index contributed by atoms with van der Waals surface area (Å²) in [5.74, 6) is 0.836. The third kappa shape index (κ3) is 5.35. The lowest BCUT2D eigenvalue weighted by Gasteiger charge is -2.19. The molecule has 2 amide bonds. The van der Waals surface area contributed by atoms with Crippen LogP contribution in [-0.2, 0) is 4.79 Å². The van der Waals surface area contributed by atoms with Crippen molar-refractivity contribution in [3.63, 3.8) is 0 Å². The number of nitrogens with zero attached hydrogens (tertiary/aromatic N) is 2. The summed E-state index contributed by atoms with van der Waals surface area (Å²) in [6.07, 6.45) is 1.61. The van der Waals surface area contributed by atoms with Crippen molar-refractivity contribution in [1.29, 1.82) is 0 Å². The molecule has 2 N–H and O–H groups in total. The highest BCUT2D eigenvalue weighted by Gasteiger charge is 2.32. The quantitative estimate of drug-likeness (QED) is 0.314. The summed E-state index contributed by atoms with van der Waals surface area (Å²) in [7, 11) is 3.05. The Labute approximate surface area is 225 Å². The molecule has 4 aromatic carbocycles. The van der Waals surface area contributed by atoms with Crippen molar-refractivity contribution in [2.24, 2.45) is 4.99 Å². The smallest absolute Gasteiger partial charge is 0.282 e. The lowest BCUT2D eigenvalue weighted by atomic mass is 10.1. The fourth-order valence-electron chi connectivity index (χ4n) is 4.13. The third-order valence-corrected chi connectivity index (χ3v) is 6.13. The number of amides is 2. The Bertz CT molecular complexity index is 1580. The van der Waals surface area contributed by atoms with Gasteiger partial charge in [-0.15, -0.1) is 0 Å². The zero-order valence-electron chi connectivity index (χ0n) is 21.3. The van der Waals surface area contributed by atoms with Crippen LogP contribution >= 0.6 is 0 Å². The normalized spacial score (nSPS) is 13.8. The number of methoxy groups -OCH3 is 2. The minimum atomic E-state index is -0.334. The summed E-state index contributed by atoms with van der Waals surface area (Å²) >= 11 is 0. The molecule has 1 aliphatic heterocycles. The maximum absolute atomic E-state index is 13.6. The van der Waals surface area contributed by atoms with Gasteiger partial charge in [0.25, 0.3) is 11.8 Å². The first-order valence-corrected chi connectivity index (χ1v) is 12.1. The van der Waals surface area contributed by atoms with Crippen LogP contribution in [0.25, 0.3) is 6.08 Å². The number of phenols is 1. The van der Waals surface area contributed by atoms with E-state index in [0.29, 0.717) is 39.8 Å². The van der Waals surface area contributed by atoms with Crippen molar-refractivity contribution in [2.75, 3.05) is 24.4 Å². The van der Waals surface area contributed by atoms with E-state index < -0.39 is 0 Å². The predicted molar refractivity (Wildman–Crippen MR) is 150 cm³/mol. The number of carbonyl (C=O) groups is 2. The second kappa shape index (κ2) is 10.9. The van der Waals surface area contributed by atoms with Crippen LogP contribution in [0.1, 0.15) is 21.5 Å². The summed E-state index contributed by atoms with van der Waals surface area (Å²) in [5.41, 5.74) is 3.19. The molecule has 4 aromatic rings. The van der Waals surface area contributed by atoms with Gasteiger partial charge in [0.2, 0.25) is 0 Å². The number of hydrogen-bond donors (Lipinski definition) is 2. The fourth-order valence-corrected chi connectivity index (χ4v) is 4.13. The molecule has 0 fully saturated rings. The molecule has 0 aliphatic carbocycles. The Morgan fingerprint density at radius 1 is 0.897 bits per heavy atom. The van der Waals surface area contributed by atoms with Crippen LogP contribution in [0.15, 0.2) is 108 Å². The number of aliphatic imine (C=N–C) groups is 1. The summed E-state index contributed by atoms with van der Waals surface area (Å²) in [4.78, 5) is 32.5. The number of rotatable bonds is 7. The molecular formula is C31H25N3O5. The second-order valence-corrected chi connectivity index (χ2v) is 8.63. The topological polar surface area (TPSA) is 100 Å². The Morgan fingerprint density at radius 2 is 1.62 bits per heavy atom. The molecule has 0 radical (unpaired) electrons. The highest BCUT2D eigenvalue weighted by molar-refractivity contribution is 6.33. The molecule has 5 rings (SSSR count). The first-order valence-electron chi connectivity index (χ1n) is 12.1. The first-order chi connectivity index (χ1) is 19.0. The summed E-state index contributed by atoms with van der Waals surface area (Å²) in [5, 5.41) is 13.0. The number of aromatic hydroxyl groups is 1. The zero-order chi connectivity index (χ0) is 27.4. The fraction of sp³-hybridized carbons (Fsp3) is 0.0645. The second-order valence-electron chi connectivity index (χ2n) is 8.63. The molecule has 0 saturated heterocycles. The van der Waals surface area contributed by atoms with Crippen LogP contribution < -0.4 is 19.7 Å². The van der Waals surface area contributed by atoms with Gasteiger partial charge in [-0.1, -0.05) is 36.4 Å². The standard InChI is InChI=1S/C31H25N3O5/c1-38-25-15-11-23(12-16-25)32-30(36)22-9-13-24(14-10-22)34-29(21-6-4-3-5-7-21)33-26(31(34)37)18-20-8-17-28(39-2)27(35)19-20/h3-19,35H,1-2H3,(H,32,36)/b26-18-. The van der Waals surface area contributed by atoms with E-state index in [4.69, 9.17) is 9.47 Å². The maximum atomic E-state index is 13.6. The molecular weight excluding hydrogens is 494 g/mol. The number of anilines is 2. The predicted octanol–water partition coefficient (Wildman–Crippen LogP) is 5.50. The third-order valence-electron chi connectivity index (χ3n) is 6.13. The van der Waals surface area contributed by atoms with Crippen LogP contribution in [-0.4, -0.2) is 37.0 Å². The van der Waals surface area contributed by atoms with E-state index in [-0.39, 0.29) is 23.3 Å². The Balaban J connectivity index is 1.43. The van der Waals surface area contributed by atoms with Gasteiger partial charge in [0, 0.05) is 16.8 Å². The van der Waals surface area contributed by atoms with E-state index in [9.17, 15) is 14.7 Å². The number of amidine groups is 1. The first kappa shape index (κ1) is 25.3. The number of benzene rings is 4. The molecule has 8 nitrogen and oxygen atoms in total. The van der Waals surface area contributed by atoms with Gasteiger partial charge < -0.3 is 19.9 Å². The molecule has 39 heavy (non-hydrogen) atoms. The number of hydrogen-bond acceptors (Lipinski definition) is 6. The Hall–Kier alpha value is -5.37. The van der Waals surface area contributed by atoms with E-state index in [1.54, 1.807) is 73.8 Å². The van der Waals surface area contributed by atoms with Crippen molar-refractivity contribution >= 4 is 35.1 Å². The van der Waals surface area contributed by atoms with E-state index >= 15 is 0 Å². The molecule has 0 unspecified atom stereocenters. The van der Waals surface area contributed by atoms with Crippen molar-refractivity contribution in [3.05, 3.63) is 119 Å². The largest absolute Gasteiger partial charge is 0.504 e. The molecule has 8 heteroatoms. The average Bonchev–Trinajstić information content (AvgIpc) is 3.29. The highest BCUT2D eigenvalue weighted by Crippen LogP contribution is 2.31. The molecule has 0 aromatic heterocycles. The van der Waals surface area contributed by atoms with Gasteiger partial charge in [-0.3, -0.25) is 14.5 Å². The number of carbonyl (C=O) groups excluding carboxylic acids is 2. The van der Waals surface area contributed by atoms with Crippen LogP contribution in [0.4, 0.5) is 11.4 Å². The molecule has 0 spiro atoms. The minimum absolute atomic E-state index is 0.0371. The van der Waals surface area contributed by atoms with E-state index in [0.717, 1.165) is 5.56 Å². The number of phenolic OH excluding ortho intramolecular Hbond substituents is 1. The molecule has 0 atom stereocenters. The van der Waals surface area contributed by atoms with Crippen molar-refractivity contribution < 1.29 is 24.2 Å². The lowest BCUT2D eigenvalue weighted by molar-refractivity contribution is -0.113. The molecule has 194 valence electrons. The molecule has 1 heterocycles. The van der Waals surface area contributed by atoms with Gasteiger partial charge in [0.1, 0.15) is 17.3 Å². The van der Waals surface area contributed by atoms with Crippen LogP contribution in [0.3, 0.4) is 0 Å². The SMILES string of the molecule is COc1ccc(NC(=O)c2ccc(N3C(=O)/C(=C/c4ccc(OC)c(O)c4)N=C3c3ccccc3)cc2)cc1. The molecule has 1 aliphatic rings. The molecule has 0 saturated carbocycles. The van der Waals surface area contributed by atoms with Crippen LogP contribution in [0, 0.1) is 0 Å². The Morgan fingerprint density at radius 3 is 2.26 bits per heavy atom. The molecule has 0 bridgehead atoms. The van der Waals surface area contributed by atoms with Crippen molar-refractivity contribution in [2.45, 2.75) is 0 Å². The van der Waals surface area contributed by atoms with E-state index in [1.165, 1.54) is 18.1 Å². The Kier molecular flexibility index (Phi) is 7.09. The van der Waals surface area contributed by atoms with E-state index in [2.05, 4.69) is 10.3 Å². The van der Waals surface area contributed by atoms with Gasteiger partial charge in [-0.2, -0.15) is 0 Å². The number of nitrogens with one attached hydrogen (secondary N) is 1. The van der Waals surface area contributed by atoms with Gasteiger partial charge in [0.15, 0.2) is 11.5 Å². The zero-order valence-corrected chi connectivity index (χ0v) is 21.3. The van der Waals surface area contributed by atoms with Gasteiger partial charge >= 0.3 is 0 Å². The van der Waals surface area contributed by atoms with Crippen LogP contribution in [0.2, 0.25) is 0 Å².